The number of nitrogens with zero attached hydrogens (tertiary/aromatic N) is 3. The van der Waals surface area contributed by atoms with Gasteiger partial charge in [0.15, 0.2) is 0 Å². The van der Waals surface area contributed by atoms with Crippen LogP contribution in [0.3, 0.4) is 0 Å². The Bertz CT molecular complexity index is 864. The summed E-state index contributed by atoms with van der Waals surface area (Å²) >= 11 is 0. The van der Waals surface area contributed by atoms with Gasteiger partial charge in [0.25, 0.3) is 0 Å². The van der Waals surface area contributed by atoms with Crippen molar-refractivity contribution in [3.8, 4) is 17.2 Å². The molecule has 0 saturated heterocycles. The average Bonchev–Trinajstić information content (AvgIpc) is 2.96. The van der Waals surface area contributed by atoms with Crippen LogP contribution in [0.25, 0.3) is 11.1 Å². The van der Waals surface area contributed by atoms with Crippen molar-refractivity contribution in [2.75, 3.05) is 12.1 Å². The summed E-state index contributed by atoms with van der Waals surface area (Å²) in [5.74, 6) is 0. The Hall–Kier alpha value is -2.77. The van der Waals surface area contributed by atoms with E-state index >= 15 is 0 Å². The van der Waals surface area contributed by atoms with Crippen LogP contribution in [0.1, 0.15) is 45.6 Å². The zero-order chi connectivity index (χ0) is 19.4. The Balaban J connectivity index is 1.94. The van der Waals surface area contributed by atoms with Crippen molar-refractivity contribution in [2.24, 2.45) is 0 Å². The van der Waals surface area contributed by atoms with E-state index in [0.29, 0.717) is 11.6 Å². The van der Waals surface area contributed by atoms with Gasteiger partial charge in [0, 0.05) is 0 Å². The summed E-state index contributed by atoms with van der Waals surface area (Å²) in [7, 11) is 1.71. The van der Waals surface area contributed by atoms with E-state index in [0.717, 1.165) is 28.9 Å². The van der Waals surface area contributed by atoms with Crippen LogP contribution in [0, 0.1) is 11.3 Å². The summed E-state index contributed by atoms with van der Waals surface area (Å²) in [6.07, 6.45) is 3.45. The molecule has 0 aromatic heterocycles. The molecule has 1 unspecified atom stereocenters. The third kappa shape index (κ3) is 3.56. The van der Waals surface area contributed by atoms with Crippen molar-refractivity contribution in [1.29, 1.82) is 5.26 Å². The predicted octanol–water partition coefficient (Wildman–Crippen LogP) is 5.68. The van der Waals surface area contributed by atoms with Crippen LogP contribution in [0.15, 0.2) is 59.8 Å². The van der Waals surface area contributed by atoms with Crippen LogP contribution < -0.4 is 5.01 Å². The van der Waals surface area contributed by atoms with Crippen molar-refractivity contribution >= 4 is 5.69 Å². The van der Waals surface area contributed by atoms with E-state index in [2.05, 4.69) is 56.1 Å². The van der Waals surface area contributed by atoms with Crippen LogP contribution in [-0.4, -0.2) is 18.3 Å². The number of anilines is 1. The lowest BCUT2D eigenvalue weighted by Gasteiger charge is -2.35. The zero-order valence-electron chi connectivity index (χ0n) is 16.6. The molecule has 0 bridgehead atoms. The topological polar surface area (TPSA) is 39.5 Å². The molecule has 1 atom stereocenters. The normalized spacial score (nSPS) is 16.8. The molecular weight excluding hydrogens is 334 g/mol. The molecule has 0 aliphatic carbocycles. The molecule has 2 aromatic carbocycles. The van der Waals surface area contributed by atoms with E-state index in [4.69, 9.17) is 4.84 Å². The first-order valence-electron chi connectivity index (χ1n) is 9.52. The van der Waals surface area contributed by atoms with Crippen LogP contribution >= 0.6 is 0 Å². The largest absolute Gasteiger partial charge is 0.257 e. The molecule has 1 aliphatic rings. The fraction of sp³-hybridized carbons (Fsp3) is 0.348. The Kier molecular flexibility index (Phi) is 5.83. The summed E-state index contributed by atoms with van der Waals surface area (Å²) in [6.45, 7) is 6.52. The second-order valence-electron chi connectivity index (χ2n) is 6.93. The van der Waals surface area contributed by atoms with E-state index in [1.54, 1.807) is 7.11 Å². The van der Waals surface area contributed by atoms with Crippen molar-refractivity contribution in [1.82, 2.24) is 5.17 Å². The average molecular weight is 361 g/mol. The molecule has 0 N–H and O–H groups in total. The molecule has 0 fully saturated rings. The minimum atomic E-state index is 0.308. The molecule has 4 heteroatoms. The maximum absolute atomic E-state index is 9.36. The van der Waals surface area contributed by atoms with E-state index < -0.39 is 0 Å². The standard InChI is InChI=1S/C23H27N3O/c1-5-6-11-23-17(2)18(3)26(27-4)25(23)21-14-12-19(13-15-21)22-10-8-7-9-20(22)16-24/h7-10,12-15,23H,5-6,11H2,1-4H3. The molecule has 0 radical (unpaired) electrons. The molecule has 27 heavy (non-hydrogen) atoms. The van der Waals surface area contributed by atoms with Gasteiger partial charge >= 0.3 is 0 Å². The van der Waals surface area contributed by atoms with Gasteiger partial charge in [-0.25, -0.2) is 0 Å². The highest BCUT2D eigenvalue weighted by Gasteiger charge is 2.35. The molecule has 0 amide bonds. The second-order valence-corrected chi connectivity index (χ2v) is 6.93. The van der Waals surface area contributed by atoms with Crippen molar-refractivity contribution in [2.45, 2.75) is 46.1 Å². The molecule has 3 rings (SSSR count). The lowest BCUT2D eigenvalue weighted by atomic mass is 9.99. The first kappa shape index (κ1) is 19.0. The molecule has 140 valence electrons. The number of unbranched alkanes of at least 4 members (excludes halogenated alkanes) is 1. The molecular formula is C23H27N3O. The SMILES string of the molecule is CCCCC1C(C)=C(C)N(OC)N1c1ccc(-c2ccccc2C#N)cc1. The molecule has 0 spiro atoms. The smallest absolute Gasteiger partial charge is 0.0998 e. The molecule has 1 heterocycles. The van der Waals surface area contributed by atoms with Gasteiger partial charge in [-0.2, -0.15) is 10.4 Å². The van der Waals surface area contributed by atoms with Crippen LogP contribution in [0.2, 0.25) is 0 Å². The van der Waals surface area contributed by atoms with Gasteiger partial charge in [0.05, 0.1) is 36.2 Å². The summed E-state index contributed by atoms with van der Waals surface area (Å²) in [6, 6.07) is 18.7. The number of rotatable bonds is 6. The van der Waals surface area contributed by atoms with Crippen molar-refractivity contribution < 1.29 is 4.84 Å². The first-order chi connectivity index (χ1) is 13.1. The number of nitriles is 1. The van der Waals surface area contributed by atoms with E-state index in [-0.39, 0.29) is 0 Å². The van der Waals surface area contributed by atoms with E-state index in [1.807, 2.05) is 29.4 Å². The molecule has 1 aliphatic heterocycles. The molecule has 2 aromatic rings. The summed E-state index contributed by atoms with van der Waals surface area (Å²) in [5, 5.41) is 13.5. The zero-order valence-corrected chi connectivity index (χ0v) is 16.6. The highest BCUT2D eigenvalue weighted by molar-refractivity contribution is 5.72. The quantitative estimate of drug-likeness (QED) is 0.664. The fourth-order valence-corrected chi connectivity index (χ4v) is 3.74. The predicted molar refractivity (Wildman–Crippen MR) is 110 cm³/mol. The molecule has 4 nitrogen and oxygen atoms in total. The fourth-order valence-electron chi connectivity index (χ4n) is 3.74. The Morgan fingerprint density at radius 1 is 1.07 bits per heavy atom. The number of allylic oxidation sites excluding steroid dienone is 1. The minimum Gasteiger partial charge on any atom is -0.257 e. The van der Waals surface area contributed by atoms with Gasteiger partial charge < -0.3 is 0 Å². The van der Waals surface area contributed by atoms with Crippen LogP contribution in [0.4, 0.5) is 5.69 Å². The maximum Gasteiger partial charge on any atom is 0.0998 e. The third-order valence-electron chi connectivity index (χ3n) is 5.34. The summed E-state index contributed by atoms with van der Waals surface area (Å²) in [5.41, 5.74) is 6.29. The Morgan fingerprint density at radius 3 is 2.41 bits per heavy atom. The monoisotopic (exact) mass is 361 g/mol. The first-order valence-corrected chi connectivity index (χ1v) is 9.52. The van der Waals surface area contributed by atoms with Crippen molar-refractivity contribution in [3.05, 3.63) is 65.4 Å². The van der Waals surface area contributed by atoms with Crippen LogP contribution in [-0.2, 0) is 4.84 Å². The second kappa shape index (κ2) is 8.28. The van der Waals surface area contributed by atoms with Crippen molar-refractivity contribution in [3.63, 3.8) is 0 Å². The maximum atomic E-state index is 9.36. The number of hydrazine groups is 1. The van der Waals surface area contributed by atoms with E-state index in [1.165, 1.54) is 18.4 Å². The van der Waals surface area contributed by atoms with Gasteiger partial charge in [0.1, 0.15) is 0 Å². The Labute approximate surface area is 162 Å². The van der Waals surface area contributed by atoms with Gasteiger partial charge in [-0.05, 0) is 55.2 Å². The Morgan fingerprint density at radius 2 is 1.78 bits per heavy atom. The summed E-state index contributed by atoms with van der Waals surface area (Å²) in [4.78, 5) is 5.68. The van der Waals surface area contributed by atoms with Gasteiger partial charge in [-0.3, -0.25) is 9.85 Å². The van der Waals surface area contributed by atoms with Gasteiger partial charge in [-0.1, -0.05) is 50.1 Å². The number of benzene rings is 2. The lowest BCUT2D eigenvalue weighted by Crippen LogP contribution is -2.42. The number of hydrogen-bond acceptors (Lipinski definition) is 4. The summed E-state index contributed by atoms with van der Waals surface area (Å²) < 4.78 is 0. The molecule has 0 saturated carbocycles. The number of hydroxylamine groups is 1. The minimum absolute atomic E-state index is 0.308. The lowest BCUT2D eigenvalue weighted by molar-refractivity contribution is -0.105. The number of hydrogen-bond donors (Lipinski definition) is 0. The highest BCUT2D eigenvalue weighted by Crippen LogP contribution is 2.37. The van der Waals surface area contributed by atoms with E-state index in [9.17, 15) is 5.26 Å². The van der Waals surface area contributed by atoms with Gasteiger partial charge in [0.2, 0.25) is 0 Å². The highest BCUT2D eigenvalue weighted by atomic mass is 16.7. The van der Waals surface area contributed by atoms with Gasteiger partial charge in [-0.15, -0.1) is 0 Å². The third-order valence-corrected chi connectivity index (χ3v) is 5.34. The van der Waals surface area contributed by atoms with Crippen LogP contribution in [0.5, 0.6) is 0 Å².